The van der Waals surface area contributed by atoms with E-state index in [0.29, 0.717) is 24.2 Å². The largest absolute Gasteiger partial charge is 0.430 e. The third kappa shape index (κ3) is 4.91. The van der Waals surface area contributed by atoms with Crippen molar-refractivity contribution in [2.75, 3.05) is 13.1 Å². The standard InChI is InChI=1S/C29H27F6NO2/c1-19-8-10-20(11-9-19)16-25(37)36-17-24(26(2,18-36)22-6-4-3-5-7-22)21-12-14-23(15-13-21)27(38,28(30,31)32)29(33,34)35/h3-15,24,38H,16-18H2,1-2H3/t24-,26+/m1/s1. The highest BCUT2D eigenvalue weighted by atomic mass is 19.4. The quantitative estimate of drug-likeness (QED) is 0.383. The average molecular weight is 536 g/mol. The summed E-state index contributed by atoms with van der Waals surface area (Å²) in [6, 6.07) is 20.5. The molecule has 0 saturated carbocycles. The number of aliphatic hydroxyl groups is 1. The predicted octanol–water partition coefficient (Wildman–Crippen LogP) is 6.43. The summed E-state index contributed by atoms with van der Waals surface area (Å²) in [5.41, 5.74) is -3.70. The number of aryl methyl sites for hydroxylation is 1. The van der Waals surface area contributed by atoms with Crippen molar-refractivity contribution in [1.29, 1.82) is 0 Å². The van der Waals surface area contributed by atoms with Gasteiger partial charge in [0.1, 0.15) is 0 Å². The van der Waals surface area contributed by atoms with Gasteiger partial charge in [-0.1, -0.05) is 91.3 Å². The first-order valence-electron chi connectivity index (χ1n) is 12.0. The highest BCUT2D eigenvalue weighted by molar-refractivity contribution is 5.79. The van der Waals surface area contributed by atoms with E-state index in [-0.39, 0.29) is 18.9 Å². The third-order valence-corrected chi connectivity index (χ3v) is 7.50. The first kappa shape index (κ1) is 27.7. The molecule has 38 heavy (non-hydrogen) atoms. The van der Waals surface area contributed by atoms with Crippen LogP contribution in [0.2, 0.25) is 0 Å². The van der Waals surface area contributed by atoms with Gasteiger partial charge < -0.3 is 10.0 Å². The van der Waals surface area contributed by atoms with Gasteiger partial charge in [-0.15, -0.1) is 0 Å². The van der Waals surface area contributed by atoms with Crippen LogP contribution in [0.15, 0.2) is 78.9 Å². The van der Waals surface area contributed by atoms with Crippen molar-refractivity contribution in [3.05, 3.63) is 107 Å². The number of hydrogen-bond donors (Lipinski definition) is 1. The molecule has 3 nitrogen and oxygen atoms in total. The lowest BCUT2D eigenvalue weighted by Gasteiger charge is -2.34. The summed E-state index contributed by atoms with van der Waals surface area (Å²) in [6.07, 6.45) is -11.8. The van der Waals surface area contributed by atoms with Crippen LogP contribution in [-0.4, -0.2) is 41.4 Å². The van der Waals surface area contributed by atoms with Gasteiger partial charge in [-0.05, 0) is 23.6 Å². The molecule has 0 aliphatic carbocycles. The van der Waals surface area contributed by atoms with Crippen LogP contribution in [0.4, 0.5) is 26.3 Å². The second-order valence-electron chi connectivity index (χ2n) is 10.1. The van der Waals surface area contributed by atoms with Gasteiger partial charge in [0.15, 0.2) is 0 Å². The summed E-state index contributed by atoms with van der Waals surface area (Å²) in [5.74, 6) is -0.538. The maximum absolute atomic E-state index is 13.4. The molecule has 202 valence electrons. The van der Waals surface area contributed by atoms with Gasteiger partial charge in [-0.3, -0.25) is 4.79 Å². The van der Waals surface area contributed by atoms with E-state index in [0.717, 1.165) is 16.7 Å². The third-order valence-electron chi connectivity index (χ3n) is 7.50. The van der Waals surface area contributed by atoms with E-state index >= 15 is 0 Å². The number of hydrogen-bond acceptors (Lipinski definition) is 2. The molecule has 3 aromatic rings. The Morgan fingerprint density at radius 1 is 0.895 bits per heavy atom. The Labute approximate surface area is 216 Å². The number of alkyl halides is 6. The van der Waals surface area contributed by atoms with Crippen LogP contribution >= 0.6 is 0 Å². The van der Waals surface area contributed by atoms with Crippen molar-refractivity contribution in [2.24, 2.45) is 0 Å². The van der Waals surface area contributed by atoms with Crippen LogP contribution in [0.1, 0.15) is 40.7 Å². The molecule has 1 heterocycles. The number of amides is 1. The summed E-state index contributed by atoms with van der Waals surface area (Å²) in [4.78, 5) is 14.9. The predicted molar refractivity (Wildman–Crippen MR) is 130 cm³/mol. The van der Waals surface area contributed by atoms with Crippen LogP contribution < -0.4 is 0 Å². The zero-order valence-corrected chi connectivity index (χ0v) is 20.8. The minimum Gasteiger partial charge on any atom is -0.369 e. The van der Waals surface area contributed by atoms with Crippen LogP contribution in [-0.2, 0) is 22.2 Å². The molecule has 0 aromatic heterocycles. The first-order chi connectivity index (χ1) is 17.7. The number of carbonyl (C=O) groups is 1. The molecule has 1 fully saturated rings. The Morgan fingerprint density at radius 3 is 1.97 bits per heavy atom. The van der Waals surface area contributed by atoms with Gasteiger partial charge in [0.25, 0.3) is 5.60 Å². The van der Waals surface area contributed by atoms with Gasteiger partial charge in [-0.25, -0.2) is 0 Å². The number of nitrogens with zero attached hydrogens (tertiary/aromatic N) is 1. The molecule has 1 N–H and O–H groups in total. The van der Waals surface area contributed by atoms with Gasteiger partial charge in [-0.2, -0.15) is 26.3 Å². The highest BCUT2D eigenvalue weighted by Crippen LogP contribution is 2.51. The van der Waals surface area contributed by atoms with Crippen molar-refractivity contribution < 1.29 is 36.2 Å². The van der Waals surface area contributed by atoms with Crippen LogP contribution in [0.25, 0.3) is 0 Å². The van der Waals surface area contributed by atoms with E-state index < -0.39 is 34.8 Å². The topological polar surface area (TPSA) is 40.5 Å². The zero-order chi connectivity index (χ0) is 27.9. The molecule has 4 rings (SSSR count). The van der Waals surface area contributed by atoms with Crippen LogP contribution in [0.3, 0.4) is 0 Å². The van der Waals surface area contributed by atoms with Crippen LogP contribution in [0, 0.1) is 6.92 Å². The minimum atomic E-state index is -5.96. The monoisotopic (exact) mass is 535 g/mol. The lowest BCUT2D eigenvalue weighted by atomic mass is 9.71. The summed E-state index contributed by atoms with van der Waals surface area (Å²) in [6.45, 7) is 4.43. The number of carbonyl (C=O) groups excluding carboxylic acids is 1. The SMILES string of the molecule is Cc1ccc(CC(=O)N2C[C@H](c3ccc(C(O)(C(F)(F)F)C(F)(F)F)cc3)[C@](C)(c3ccccc3)C2)cc1. The second-order valence-corrected chi connectivity index (χ2v) is 10.1. The van der Waals surface area contributed by atoms with Gasteiger partial charge in [0.05, 0.1) is 6.42 Å². The second kappa shape index (κ2) is 9.76. The molecule has 3 aromatic carbocycles. The highest BCUT2D eigenvalue weighted by Gasteiger charge is 2.71. The number of halogens is 6. The molecular formula is C29H27F6NO2. The maximum atomic E-state index is 13.4. The van der Waals surface area contributed by atoms with Gasteiger partial charge in [0, 0.05) is 30.0 Å². The minimum absolute atomic E-state index is 0.126. The molecule has 1 aliphatic rings. The Bertz CT molecular complexity index is 1260. The molecule has 0 unspecified atom stereocenters. The van der Waals surface area contributed by atoms with E-state index in [2.05, 4.69) is 0 Å². The molecule has 1 saturated heterocycles. The molecule has 1 aliphatic heterocycles. The Kier molecular flexibility index (Phi) is 7.12. The Hall–Kier alpha value is -3.33. The summed E-state index contributed by atoms with van der Waals surface area (Å²) in [7, 11) is 0. The number of rotatable bonds is 5. The molecular weight excluding hydrogens is 508 g/mol. The van der Waals surface area contributed by atoms with E-state index in [4.69, 9.17) is 0 Å². The van der Waals surface area contributed by atoms with E-state index in [1.54, 1.807) is 4.90 Å². The first-order valence-corrected chi connectivity index (χ1v) is 12.0. The zero-order valence-electron chi connectivity index (χ0n) is 20.8. The Balaban J connectivity index is 1.68. The molecule has 9 heteroatoms. The number of benzene rings is 3. The average Bonchev–Trinajstić information content (AvgIpc) is 3.23. The normalized spacial score (nSPS) is 20.6. The fourth-order valence-electron chi connectivity index (χ4n) is 5.20. The van der Waals surface area contributed by atoms with Crippen molar-refractivity contribution in [2.45, 2.75) is 49.6 Å². The molecule has 1 amide bonds. The van der Waals surface area contributed by atoms with Crippen molar-refractivity contribution in [3.8, 4) is 0 Å². The van der Waals surface area contributed by atoms with Gasteiger partial charge >= 0.3 is 12.4 Å². The fourth-order valence-corrected chi connectivity index (χ4v) is 5.20. The summed E-state index contributed by atoms with van der Waals surface area (Å²) >= 11 is 0. The lowest BCUT2D eigenvalue weighted by molar-refractivity contribution is -0.376. The summed E-state index contributed by atoms with van der Waals surface area (Å²) < 4.78 is 80.2. The maximum Gasteiger partial charge on any atom is 0.430 e. The number of likely N-dealkylation sites (tertiary alicyclic amines) is 1. The Morgan fingerprint density at radius 2 is 1.45 bits per heavy atom. The van der Waals surface area contributed by atoms with Crippen molar-refractivity contribution in [1.82, 2.24) is 4.90 Å². The summed E-state index contributed by atoms with van der Waals surface area (Å²) in [5, 5.41) is 9.76. The molecule has 0 spiro atoms. The van der Waals surface area contributed by atoms with E-state index in [1.165, 1.54) is 12.1 Å². The molecule has 0 bridgehead atoms. The van der Waals surface area contributed by atoms with Gasteiger partial charge in [0.2, 0.25) is 5.91 Å². The fraction of sp³-hybridized carbons (Fsp3) is 0.345. The molecule has 0 radical (unpaired) electrons. The van der Waals surface area contributed by atoms with Crippen molar-refractivity contribution >= 4 is 5.91 Å². The van der Waals surface area contributed by atoms with E-state index in [9.17, 15) is 36.2 Å². The van der Waals surface area contributed by atoms with Crippen molar-refractivity contribution in [3.63, 3.8) is 0 Å². The lowest BCUT2D eigenvalue weighted by Crippen LogP contribution is -2.53. The molecule has 2 atom stereocenters. The smallest absolute Gasteiger partial charge is 0.369 e. The van der Waals surface area contributed by atoms with E-state index in [1.807, 2.05) is 68.4 Å². The van der Waals surface area contributed by atoms with Crippen LogP contribution in [0.5, 0.6) is 0 Å².